The van der Waals surface area contributed by atoms with Gasteiger partial charge in [-0.25, -0.2) is 9.37 Å². The lowest BCUT2D eigenvalue weighted by Crippen LogP contribution is -2.29. The van der Waals surface area contributed by atoms with Crippen molar-refractivity contribution in [1.29, 1.82) is 0 Å². The van der Waals surface area contributed by atoms with Crippen LogP contribution in [0.25, 0.3) is 16.0 Å². The second kappa shape index (κ2) is 9.87. The standard InChI is InChI=1S/C27H22FN3O4S/c1-2-3-12-35-19-8-4-6-16(13-19)24(32)22-23(17-7-5-11-29-15-17)31(26(34)25(22)33)27-30-20-10-9-18(28)14-21(20)36-27/h4-11,13-15,23,32H,2-3,12H2,1H3/b24-22+. The molecule has 7 nitrogen and oxygen atoms in total. The van der Waals surface area contributed by atoms with E-state index in [0.717, 1.165) is 24.2 Å². The second-order valence-electron chi connectivity index (χ2n) is 8.29. The Morgan fingerprint density at radius 3 is 2.81 bits per heavy atom. The molecule has 1 aliphatic rings. The number of halogens is 1. The minimum Gasteiger partial charge on any atom is -0.507 e. The van der Waals surface area contributed by atoms with E-state index in [2.05, 4.69) is 16.9 Å². The van der Waals surface area contributed by atoms with Crippen LogP contribution in [-0.4, -0.2) is 33.4 Å². The van der Waals surface area contributed by atoms with Gasteiger partial charge in [-0.15, -0.1) is 0 Å². The third-order valence-corrected chi connectivity index (χ3v) is 6.88. The lowest BCUT2D eigenvalue weighted by atomic mass is 9.96. The van der Waals surface area contributed by atoms with Gasteiger partial charge in [0.1, 0.15) is 17.3 Å². The number of carbonyl (C=O) groups excluding carboxylic acids is 2. The van der Waals surface area contributed by atoms with Crippen molar-refractivity contribution in [3.05, 3.63) is 89.5 Å². The fourth-order valence-electron chi connectivity index (χ4n) is 4.10. The zero-order valence-electron chi connectivity index (χ0n) is 19.3. The predicted molar refractivity (Wildman–Crippen MR) is 135 cm³/mol. The van der Waals surface area contributed by atoms with Crippen LogP contribution in [0.15, 0.2) is 72.6 Å². The number of carbonyl (C=O) groups is 2. The van der Waals surface area contributed by atoms with E-state index < -0.39 is 23.5 Å². The van der Waals surface area contributed by atoms with Crippen molar-refractivity contribution in [2.45, 2.75) is 25.8 Å². The summed E-state index contributed by atoms with van der Waals surface area (Å²) in [6, 6.07) is 13.3. The van der Waals surface area contributed by atoms with Gasteiger partial charge in [-0.2, -0.15) is 0 Å². The highest BCUT2D eigenvalue weighted by molar-refractivity contribution is 7.22. The van der Waals surface area contributed by atoms with Crippen molar-refractivity contribution >= 4 is 44.1 Å². The molecule has 0 radical (unpaired) electrons. The molecule has 0 aliphatic carbocycles. The summed E-state index contributed by atoms with van der Waals surface area (Å²) < 4.78 is 20.1. The molecule has 0 bridgehead atoms. The topological polar surface area (TPSA) is 92.6 Å². The summed E-state index contributed by atoms with van der Waals surface area (Å²) in [5.74, 6) is -1.88. The molecule has 1 unspecified atom stereocenters. The number of pyridine rings is 1. The molecule has 5 rings (SSSR count). The largest absolute Gasteiger partial charge is 0.507 e. The number of anilines is 1. The number of thiazole rings is 1. The molecule has 4 aromatic rings. The van der Waals surface area contributed by atoms with E-state index >= 15 is 0 Å². The molecule has 2 aromatic carbocycles. The van der Waals surface area contributed by atoms with E-state index in [1.54, 1.807) is 42.6 Å². The molecule has 1 saturated heterocycles. The van der Waals surface area contributed by atoms with Gasteiger partial charge in [-0.1, -0.05) is 42.9 Å². The van der Waals surface area contributed by atoms with Crippen molar-refractivity contribution in [2.24, 2.45) is 0 Å². The van der Waals surface area contributed by atoms with Crippen LogP contribution >= 0.6 is 11.3 Å². The number of aliphatic hydroxyl groups is 1. The van der Waals surface area contributed by atoms with Gasteiger partial charge in [0, 0.05) is 18.0 Å². The van der Waals surface area contributed by atoms with E-state index in [-0.39, 0.29) is 16.5 Å². The molecule has 1 aliphatic heterocycles. The minimum atomic E-state index is -0.964. The molecule has 0 saturated carbocycles. The molecule has 0 spiro atoms. The lowest BCUT2D eigenvalue weighted by Gasteiger charge is -2.22. The Morgan fingerprint density at radius 2 is 2.03 bits per heavy atom. The number of Topliss-reactive ketones (excluding diaryl/α,β-unsaturated/α-hetero) is 1. The van der Waals surface area contributed by atoms with Gasteiger partial charge < -0.3 is 9.84 Å². The number of aromatic nitrogens is 2. The molecule has 1 N–H and O–H groups in total. The summed E-state index contributed by atoms with van der Waals surface area (Å²) >= 11 is 1.09. The molecule has 3 heterocycles. The summed E-state index contributed by atoms with van der Waals surface area (Å²) in [7, 11) is 0. The number of ketones is 1. The molecule has 182 valence electrons. The van der Waals surface area contributed by atoms with Gasteiger partial charge in [-0.3, -0.25) is 19.5 Å². The number of hydrogen-bond acceptors (Lipinski definition) is 7. The first-order valence-corrected chi connectivity index (χ1v) is 12.3. The Morgan fingerprint density at radius 1 is 1.17 bits per heavy atom. The smallest absolute Gasteiger partial charge is 0.301 e. The highest BCUT2D eigenvalue weighted by Gasteiger charge is 2.48. The monoisotopic (exact) mass is 503 g/mol. The van der Waals surface area contributed by atoms with Crippen LogP contribution < -0.4 is 9.64 Å². The highest BCUT2D eigenvalue weighted by atomic mass is 32.1. The van der Waals surface area contributed by atoms with Crippen LogP contribution in [0.3, 0.4) is 0 Å². The highest BCUT2D eigenvalue weighted by Crippen LogP contribution is 2.44. The molecule has 2 aromatic heterocycles. The first-order valence-electron chi connectivity index (χ1n) is 11.5. The van der Waals surface area contributed by atoms with E-state index in [4.69, 9.17) is 4.74 Å². The Balaban J connectivity index is 1.63. The Kier molecular flexibility index (Phi) is 6.47. The number of aliphatic hydroxyl groups excluding tert-OH is 1. The molecule has 1 atom stereocenters. The quantitative estimate of drug-likeness (QED) is 0.152. The molecular weight excluding hydrogens is 481 g/mol. The number of amides is 1. The average Bonchev–Trinajstić information content (AvgIpc) is 3.42. The van der Waals surface area contributed by atoms with Crippen LogP contribution in [0, 0.1) is 5.82 Å². The van der Waals surface area contributed by atoms with Gasteiger partial charge in [0.2, 0.25) is 0 Å². The summed E-state index contributed by atoms with van der Waals surface area (Å²) in [6.45, 7) is 2.59. The zero-order valence-corrected chi connectivity index (χ0v) is 20.2. The van der Waals surface area contributed by atoms with Crippen molar-refractivity contribution in [2.75, 3.05) is 11.5 Å². The fraction of sp³-hybridized carbons (Fsp3) is 0.185. The van der Waals surface area contributed by atoms with Gasteiger partial charge in [0.25, 0.3) is 5.78 Å². The normalized spacial score (nSPS) is 17.2. The number of rotatable bonds is 7. The first kappa shape index (κ1) is 23.6. The molecule has 9 heteroatoms. The zero-order chi connectivity index (χ0) is 25.2. The minimum absolute atomic E-state index is 0.0795. The molecular formula is C27H22FN3O4S. The molecule has 1 amide bonds. The van der Waals surface area contributed by atoms with Gasteiger partial charge in [-0.05, 0) is 48.4 Å². The number of fused-ring (bicyclic) bond motifs is 1. The molecule has 1 fully saturated rings. The Hall–Kier alpha value is -4.11. The van der Waals surface area contributed by atoms with Crippen molar-refractivity contribution in [3.63, 3.8) is 0 Å². The van der Waals surface area contributed by atoms with Crippen molar-refractivity contribution < 1.29 is 23.8 Å². The SMILES string of the molecule is CCCCOc1cccc(/C(O)=C2\C(=O)C(=O)N(c3nc4ccc(F)cc4s3)C2c2cccnc2)c1. The predicted octanol–water partition coefficient (Wildman–Crippen LogP) is 5.64. The van der Waals surface area contributed by atoms with Crippen LogP contribution in [0.1, 0.15) is 36.9 Å². The summed E-state index contributed by atoms with van der Waals surface area (Å²) in [5.41, 5.74) is 1.30. The number of nitrogens with zero attached hydrogens (tertiary/aromatic N) is 3. The third kappa shape index (κ3) is 4.33. The lowest BCUT2D eigenvalue weighted by molar-refractivity contribution is -0.132. The summed E-state index contributed by atoms with van der Waals surface area (Å²) in [5, 5.41) is 11.5. The van der Waals surface area contributed by atoms with Gasteiger partial charge >= 0.3 is 5.91 Å². The number of ether oxygens (including phenoxy) is 1. The van der Waals surface area contributed by atoms with Crippen LogP contribution in [0.4, 0.5) is 9.52 Å². The average molecular weight is 504 g/mol. The van der Waals surface area contributed by atoms with Gasteiger partial charge in [0.15, 0.2) is 5.13 Å². The molecule has 36 heavy (non-hydrogen) atoms. The third-order valence-electron chi connectivity index (χ3n) is 5.86. The van der Waals surface area contributed by atoms with Crippen LogP contribution in [-0.2, 0) is 9.59 Å². The second-order valence-corrected chi connectivity index (χ2v) is 9.30. The van der Waals surface area contributed by atoms with Crippen LogP contribution in [0.2, 0.25) is 0 Å². The summed E-state index contributed by atoms with van der Waals surface area (Å²) in [6.07, 6.45) is 4.97. The van der Waals surface area contributed by atoms with Gasteiger partial charge in [0.05, 0.1) is 28.4 Å². The maximum atomic E-state index is 13.8. The first-order chi connectivity index (χ1) is 17.5. The summed E-state index contributed by atoms with van der Waals surface area (Å²) in [4.78, 5) is 36.5. The number of unbranched alkanes of at least 4 members (excludes halogenated alkanes) is 1. The van der Waals surface area contributed by atoms with E-state index in [1.165, 1.54) is 29.3 Å². The van der Waals surface area contributed by atoms with Crippen LogP contribution in [0.5, 0.6) is 5.75 Å². The van der Waals surface area contributed by atoms with E-state index in [0.29, 0.717) is 33.7 Å². The maximum absolute atomic E-state index is 13.8. The van der Waals surface area contributed by atoms with Crippen molar-refractivity contribution in [3.8, 4) is 5.75 Å². The number of hydrogen-bond donors (Lipinski definition) is 1. The van der Waals surface area contributed by atoms with E-state index in [9.17, 15) is 19.1 Å². The van der Waals surface area contributed by atoms with E-state index in [1.807, 2.05) is 0 Å². The maximum Gasteiger partial charge on any atom is 0.301 e. The van der Waals surface area contributed by atoms with Crippen molar-refractivity contribution in [1.82, 2.24) is 9.97 Å². The number of benzene rings is 2. The Labute approximate surface area is 210 Å². The Bertz CT molecular complexity index is 1480. The fourth-order valence-corrected chi connectivity index (χ4v) is 5.11.